The van der Waals surface area contributed by atoms with Crippen molar-refractivity contribution < 1.29 is 14.4 Å². The van der Waals surface area contributed by atoms with Gasteiger partial charge in [-0.15, -0.1) is 0 Å². The Balaban J connectivity index is 1.97. The molecule has 8 heteroatoms. The summed E-state index contributed by atoms with van der Waals surface area (Å²) < 4.78 is 7.42. The number of carbonyl (C=O) groups is 3. The average molecular weight is 240 g/mol. The summed E-state index contributed by atoms with van der Waals surface area (Å²) in [5.74, 6) is -1.25. The first-order valence-electron chi connectivity index (χ1n) is 4.59. The molecule has 0 aliphatic carbocycles. The van der Waals surface area contributed by atoms with Crippen LogP contribution in [0.1, 0.15) is 23.3 Å². The van der Waals surface area contributed by atoms with Crippen molar-refractivity contribution in [2.45, 2.75) is 18.9 Å². The normalized spacial score (nSPS) is 20.4. The summed E-state index contributed by atoms with van der Waals surface area (Å²) in [6.07, 6.45) is 1.87. The SMILES string of the molecule is O=C1CCC(NC(=O)c2cnsn2)C(=O)N1. The number of aromatic nitrogens is 2. The summed E-state index contributed by atoms with van der Waals surface area (Å²) in [6.45, 7) is 0. The Hall–Kier alpha value is -1.83. The Morgan fingerprint density at radius 2 is 2.38 bits per heavy atom. The molecule has 1 aliphatic heterocycles. The second kappa shape index (κ2) is 4.35. The van der Waals surface area contributed by atoms with Crippen LogP contribution in [0.3, 0.4) is 0 Å². The molecule has 2 heterocycles. The molecule has 0 radical (unpaired) electrons. The van der Waals surface area contributed by atoms with Crippen LogP contribution in [-0.2, 0) is 9.59 Å². The lowest BCUT2D eigenvalue weighted by Crippen LogP contribution is -2.52. The van der Waals surface area contributed by atoms with E-state index in [-0.39, 0.29) is 18.0 Å². The number of carbonyl (C=O) groups excluding carboxylic acids is 3. The van der Waals surface area contributed by atoms with Gasteiger partial charge in [0.05, 0.1) is 17.9 Å². The number of nitrogens with one attached hydrogen (secondary N) is 2. The van der Waals surface area contributed by atoms with Crippen LogP contribution in [0, 0.1) is 0 Å². The van der Waals surface area contributed by atoms with Gasteiger partial charge in [0.25, 0.3) is 5.91 Å². The summed E-state index contributed by atoms with van der Waals surface area (Å²) in [6, 6.07) is -0.674. The second-order valence-corrected chi connectivity index (χ2v) is 3.83. The van der Waals surface area contributed by atoms with Crippen molar-refractivity contribution in [1.29, 1.82) is 0 Å². The van der Waals surface area contributed by atoms with Gasteiger partial charge in [-0.2, -0.15) is 8.75 Å². The van der Waals surface area contributed by atoms with Crippen molar-refractivity contribution in [2.24, 2.45) is 0 Å². The summed E-state index contributed by atoms with van der Waals surface area (Å²) in [7, 11) is 0. The molecule has 3 amide bonds. The number of amides is 3. The first-order valence-corrected chi connectivity index (χ1v) is 5.32. The fourth-order valence-corrected chi connectivity index (χ4v) is 1.74. The molecule has 1 aromatic heterocycles. The maximum Gasteiger partial charge on any atom is 0.273 e. The highest BCUT2D eigenvalue weighted by molar-refractivity contribution is 6.99. The van der Waals surface area contributed by atoms with Crippen LogP contribution in [0.4, 0.5) is 0 Å². The van der Waals surface area contributed by atoms with E-state index in [2.05, 4.69) is 19.4 Å². The molecule has 1 fully saturated rings. The van der Waals surface area contributed by atoms with Gasteiger partial charge in [-0.3, -0.25) is 19.7 Å². The number of piperidine rings is 1. The molecule has 7 nitrogen and oxygen atoms in total. The maximum atomic E-state index is 11.5. The van der Waals surface area contributed by atoms with E-state index < -0.39 is 17.9 Å². The maximum absolute atomic E-state index is 11.5. The van der Waals surface area contributed by atoms with E-state index in [1.54, 1.807) is 0 Å². The summed E-state index contributed by atoms with van der Waals surface area (Å²) >= 11 is 0.916. The fourth-order valence-electron chi connectivity index (χ4n) is 1.33. The molecule has 2 rings (SSSR count). The molecule has 2 N–H and O–H groups in total. The topological polar surface area (TPSA) is 101 Å². The second-order valence-electron chi connectivity index (χ2n) is 3.27. The Labute approximate surface area is 94.6 Å². The molecule has 0 bridgehead atoms. The first-order chi connectivity index (χ1) is 7.66. The van der Waals surface area contributed by atoms with Crippen molar-refractivity contribution in [1.82, 2.24) is 19.4 Å². The Morgan fingerprint density at radius 3 is 3.00 bits per heavy atom. The van der Waals surface area contributed by atoms with E-state index in [9.17, 15) is 14.4 Å². The predicted molar refractivity (Wildman–Crippen MR) is 53.5 cm³/mol. The first kappa shape index (κ1) is 10.7. The average Bonchev–Trinajstić information content (AvgIpc) is 2.75. The molecule has 16 heavy (non-hydrogen) atoms. The van der Waals surface area contributed by atoms with Crippen LogP contribution < -0.4 is 10.6 Å². The van der Waals surface area contributed by atoms with E-state index >= 15 is 0 Å². The lowest BCUT2D eigenvalue weighted by atomic mass is 10.1. The summed E-state index contributed by atoms with van der Waals surface area (Å²) in [5, 5.41) is 4.65. The van der Waals surface area contributed by atoms with Gasteiger partial charge in [0.1, 0.15) is 6.04 Å². The summed E-state index contributed by atoms with van der Waals surface area (Å²) in [5.41, 5.74) is 0.176. The van der Waals surface area contributed by atoms with Crippen LogP contribution in [0.5, 0.6) is 0 Å². The van der Waals surface area contributed by atoms with Crippen molar-refractivity contribution >= 4 is 29.4 Å². The van der Waals surface area contributed by atoms with Crippen molar-refractivity contribution in [2.75, 3.05) is 0 Å². The van der Waals surface area contributed by atoms with E-state index in [1.165, 1.54) is 6.20 Å². The minimum absolute atomic E-state index is 0.176. The molecular weight excluding hydrogens is 232 g/mol. The monoisotopic (exact) mass is 240 g/mol. The quantitative estimate of drug-likeness (QED) is 0.650. The largest absolute Gasteiger partial charge is 0.339 e. The molecule has 1 aliphatic rings. The highest BCUT2D eigenvalue weighted by Gasteiger charge is 2.28. The van der Waals surface area contributed by atoms with Crippen LogP contribution in [-0.4, -0.2) is 32.5 Å². The number of nitrogens with zero attached hydrogens (tertiary/aromatic N) is 2. The van der Waals surface area contributed by atoms with Crippen LogP contribution in [0.15, 0.2) is 6.20 Å². The minimum atomic E-state index is -0.674. The molecule has 1 saturated heterocycles. The fraction of sp³-hybridized carbons (Fsp3) is 0.375. The van der Waals surface area contributed by atoms with Crippen LogP contribution in [0.2, 0.25) is 0 Å². The van der Waals surface area contributed by atoms with E-state index in [0.717, 1.165) is 11.7 Å². The van der Waals surface area contributed by atoms with Crippen LogP contribution >= 0.6 is 11.7 Å². The van der Waals surface area contributed by atoms with Gasteiger partial charge in [0, 0.05) is 6.42 Å². The number of hydrogen-bond donors (Lipinski definition) is 2. The zero-order chi connectivity index (χ0) is 11.5. The third-order valence-corrected chi connectivity index (χ3v) is 2.62. The minimum Gasteiger partial charge on any atom is -0.339 e. The zero-order valence-corrected chi connectivity index (χ0v) is 8.91. The van der Waals surface area contributed by atoms with E-state index in [1.807, 2.05) is 0 Å². The van der Waals surface area contributed by atoms with Gasteiger partial charge in [-0.1, -0.05) is 0 Å². The van der Waals surface area contributed by atoms with Gasteiger partial charge in [0.15, 0.2) is 5.69 Å². The third kappa shape index (κ3) is 2.22. The molecular formula is C8H8N4O3S. The highest BCUT2D eigenvalue weighted by atomic mass is 32.1. The van der Waals surface area contributed by atoms with Crippen molar-refractivity contribution in [3.63, 3.8) is 0 Å². The number of rotatable bonds is 2. The van der Waals surface area contributed by atoms with E-state index in [0.29, 0.717) is 6.42 Å². The van der Waals surface area contributed by atoms with Crippen molar-refractivity contribution in [3.8, 4) is 0 Å². The van der Waals surface area contributed by atoms with Gasteiger partial charge < -0.3 is 5.32 Å². The van der Waals surface area contributed by atoms with Gasteiger partial charge in [-0.25, -0.2) is 0 Å². The lowest BCUT2D eigenvalue weighted by Gasteiger charge is -2.21. The molecule has 0 saturated carbocycles. The molecule has 1 unspecified atom stereocenters. The Kier molecular flexibility index (Phi) is 2.91. The number of hydrogen-bond acceptors (Lipinski definition) is 6. The molecule has 1 aromatic rings. The molecule has 0 spiro atoms. The van der Waals surface area contributed by atoms with Gasteiger partial charge in [0.2, 0.25) is 11.8 Å². The highest BCUT2D eigenvalue weighted by Crippen LogP contribution is 2.05. The summed E-state index contributed by atoms with van der Waals surface area (Å²) in [4.78, 5) is 33.7. The Bertz CT molecular complexity index is 431. The molecule has 84 valence electrons. The molecule has 1 atom stereocenters. The van der Waals surface area contributed by atoms with Crippen molar-refractivity contribution in [3.05, 3.63) is 11.9 Å². The standard InChI is InChI=1S/C8H8N4O3S/c13-6-2-1-4(7(14)11-6)10-8(15)5-3-9-16-12-5/h3-4H,1-2H2,(H,10,15)(H,11,13,14). The smallest absolute Gasteiger partial charge is 0.273 e. The van der Waals surface area contributed by atoms with E-state index in [4.69, 9.17) is 0 Å². The van der Waals surface area contributed by atoms with Gasteiger partial charge >= 0.3 is 0 Å². The predicted octanol–water partition coefficient (Wildman–Crippen LogP) is -0.927. The number of imide groups is 1. The lowest BCUT2D eigenvalue weighted by molar-refractivity contribution is -0.134. The molecule has 0 aromatic carbocycles. The Morgan fingerprint density at radius 1 is 1.56 bits per heavy atom. The zero-order valence-electron chi connectivity index (χ0n) is 8.10. The van der Waals surface area contributed by atoms with Crippen LogP contribution in [0.25, 0.3) is 0 Å². The third-order valence-electron chi connectivity index (χ3n) is 2.14. The van der Waals surface area contributed by atoms with Gasteiger partial charge in [-0.05, 0) is 6.42 Å².